The highest BCUT2D eigenvalue weighted by molar-refractivity contribution is 5.77. The van der Waals surface area contributed by atoms with Gasteiger partial charge in [0, 0.05) is 49.8 Å². The Balaban J connectivity index is 1.52. The van der Waals surface area contributed by atoms with Crippen molar-refractivity contribution in [3.63, 3.8) is 0 Å². The smallest absolute Gasteiger partial charge is 0.252 e. The minimum absolute atomic E-state index is 0.0260. The van der Waals surface area contributed by atoms with E-state index in [1.54, 1.807) is 10.7 Å². The summed E-state index contributed by atoms with van der Waals surface area (Å²) in [6.07, 6.45) is 6.19. The number of piperazine rings is 1. The molecule has 27 heavy (non-hydrogen) atoms. The molecule has 8 heteroatoms. The minimum Gasteiger partial charge on any atom is -0.333 e. The van der Waals surface area contributed by atoms with Crippen LogP contribution >= 0.6 is 0 Å². The predicted molar refractivity (Wildman–Crippen MR) is 100 cm³/mol. The van der Waals surface area contributed by atoms with Crippen molar-refractivity contribution in [2.24, 2.45) is 0 Å². The Morgan fingerprint density at radius 3 is 3.07 bits per heavy atom. The summed E-state index contributed by atoms with van der Waals surface area (Å²) in [5, 5.41) is 7.60. The number of nitrogens with one attached hydrogen (secondary N) is 1. The Hall–Kier alpha value is -2.87. The summed E-state index contributed by atoms with van der Waals surface area (Å²) in [6.45, 7) is 6.23. The topological polar surface area (TPSA) is 88.3 Å². The fraction of sp³-hybridized carbons (Fsp3) is 0.421. The minimum atomic E-state index is 0.0260. The molecule has 1 N–H and O–H groups in total. The Morgan fingerprint density at radius 1 is 1.37 bits per heavy atom. The van der Waals surface area contributed by atoms with E-state index < -0.39 is 0 Å². The number of aromatic nitrogens is 5. The van der Waals surface area contributed by atoms with Crippen molar-refractivity contribution < 1.29 is 4.79 Å². The van der Waals surface area contributed by atoms with Gasteiger partial charge in [-0.15, -0.1) is 0 Å². The van der Waals surface area contributed by atoms with Gasteiger partial charge in [0.25, 0.3) is 5.78 Å². The Bertz CT molecular complexity index is 953. The van der Waals surface area contributed by atoms with Gasteiger partial charge < -0.3 is 10.2 Å². The summed E-state index contributed by atoms with van der Waals surface area (Å²) in [5.74, 6) is 0.752. The van der Waals surface area contributed by atoms with Crippen LogP contribution in [0.5, 0.6) is 0 Å². The van der Waals surface area contributed by atoms with Crippen LogP contribution in [0.15, 0.2) is 30.9 Å². The van der Waals surface area contributed by atoms with Crippen molar-refractivity contribution in [3.05, 3.63) is 53.4 Å². The van der Waals surface area contributed by atoms with Gasteiger partial charge in [-0.2, -0.15) is 10.1 Å². The molecular weight excluding hydrogens is 342 g/mol. The Kier molecular flexibility index (Phi) is 4.81. The zero-order chi connectivity index (χ0) is 18.8. The highest BCUT2D eigenvalue weighted by Crippen LogP contribution is 2.23. The molecule has 1 aliphatic rings. The quantitative estimate of drug-likeness (QED) is 0.748. The van der Waals surface area contributed by atoms with Gasteiger partial charge in [-0.3, -0.25) is 9.78 Å². The van der Waals surface area contributed by atoms with E-state index in [-0.39, 0.29) is 11.9 Å². The van der Waals surface area contributed by atoms with Gasteiger partial charge in [-0.1, -0.05) is 6.07 Å². The number of hydrogen-bond acceptors (Lipinski definition) is 6. The molecule has 0 aliphatic carbocycles. The third kappa shape index (κ3) is 3.40. The maximum atomic E-state index is 13.0. The average Bonchev–Trinajstić information content (AvgIpc) is 3.17. The first-order valence-electron chi connectivity index (χ1n) is 9.21. The van der Waals surface area contributed by atoms with Crippen LogP contribution in [0.2, 0.25) is 0 Å². The summed E-state index contributed by atoms with van der Waals surface area (Å²) in [5.41, 5.74) is 4.03. The Labute approximate surface area is 157 Å². The Morgan fingerprint density at radius 2 is 2.26 bits per heavy atom. The normalized spacial score (nSPS) is 17.4. The number of amides is 1. The highest BCUT2D eigenvalue weighted by atomic mass is 16.2. The summed E-state index contributed by atoms with van der Waals surface area (Å²) >= 11 is 0. The number of pyridine rings is 1. The number of rotatable bonds is 4. The van der Waals surface area contributed by atoms with Crippen molar-refractivity contribution in [1.29, 1.82) is 0 Å². The maximum Gasteiger partial charge on any atom is 0.252 e. The van der Waals surface area contributed by atoms with Gasteiger partial charge in [0.1, 0.15) is 6.33 Å². The van der Waals surface area contributed by atoms with E-state index in [9.17, 15) is 4.79 Å². The number of nitrogens with zero attached hydrogens (tertiary/aromatic N) is 6. The standard InChI is InChI=1S/C19H23N7O/c1-13-16(14(2)26-19(24-13)22-12-23-26)5-6-18(27)25-9-8-21-11-17(25)15-4-3-7-20-10-15/h3-4,7,10,12,17,21H,5-6,8-9,11H2,1-2H3. The van der Waals surface area contributed by atoms with Crippen molar-refractivity contribution in [2.45, 2.75) is 32.7 Å². The van der Waals surface area contributed by atoms with Crippen molar-refractivity contribution in [1.82, 2.24) is 34.8 Å². The molecule has 1 saturated heterocycles. The largest absolute Gasteiger partial charge is 0.333 e. The number of aryl methyl sites for hydroxylation is 2. The average molecular weight is 365 g/mol. The summed E-state index contributed by atoms with van der Waals surface area (Å²) in [7, 11) is 0. The molecule has 0 saturated carbocycles. The molecule has 3 aromatic heterocycles. The van der Waals surface area contributed by atoms with Gasteiger partial charge >= 0.3 is 0 Å². The molecule has 4 rings (SSSR count). The van der Waals surface area contributed by atoms with Crippen molar-refractivity contribution in [2.75, 3.05) is 19.6 Å². The first-order chi connectivity index (χ1) is 13.1. The van der Waals surface area contributed by atoms with E-state index in [1.807, 2.05) is 37.1 Å². The van der Waals surface area contributed by atoms with E-state index in [0.717, 1.165) is 35.6 Å². The SMILES string of the molecule is Cc1nc2ncnn2c(C)c1CCC(=O)N1CCNCC1c1cccnc1. The molecule has 0 bridgehead atoms. The number of carbonyl (C=O) groups is 1. The van der Waals surface area contributed by atoms with Crippen LogP contribution in [0, 0.1) is 13.8 Å². The summed E-state index contributed by atoms with van der Waals surface area (Å²) < 4.78 is 1.73. The van der Waals surface area contributed by atoms with Gasteiger partial charge in [0.15, 0.2) is 0 Å². The third-order valence-corrected chi connectivity index (χ3v) is 5.21. The molecule has 140 valence electrons. The summed E-state index contributed by atoms with van der Waals surface area (Å²) in [6, 6.07) is 3.97. The molecule has 8 nitrogen and oxygen atoms in total. The van der Waals surface area contributed by atoms with Crippen LogP contribution in [0.4, 0.5) is 0 Å². The second kappa shape index (κ2) is 7.40. The number of carbonyl (C=O) groups excluding carboxylic acids is 1. The monoisotopic (exact) mass is 365 g/mol. The van der Waals surface area contributed by atoms with E-state index in [1.165, 1.54) is 6.33 Å². The summed E-state index contributed by atoms with van der Waals surface area (Å²) in [4.78, 5) is 27.8. The molecule has 1 amide bonds. The predicted octanol–water partition coefficient (Wildman–Crippen LogP) is 1.24. The van der Waals surface area contributed by atoms with E-state index >= 15 is 0 Å². The first-order valence-corrected chi connectivity index (χ1v) is 9.21. The first kappa shape index (κ1) is 17.5. The second-order valence-corrected chi connectivity index (χ2v) is 6.83. The van der Waals surface area contributed by atoms with Crippen LogP contribution in [0.25, 0.3) is 5.78 Å². The van der Waals surface area contributed by atoms with E-state index in [2.05, 4.69) is 25.4 Å². The molecule has 1 fully saturated rings. The molecule has 0 radical (unpaired) electrons. The second-order valence-electron chi connectivity index (χ2n) is 6.83. The molecule has 4 heterocycles. The molecule has 1 aliphatic heterocycles. The van der Waals surface area contributed by atoms with E-state index in [0.29, 0.717) is 25.2 Å². The zero-order valence-corrected chi connectivity index (χ0v) is 15.6. The van der Waals surface area contributed by atoms with Gasteiger partial charge in [0.2, 0.25) is 5.91 Å². The van der Waals surface area contributed by atoms with Crippen molar-refractivity contribution in [3.8, 4) is 0 Å². The fourth-order valence-corrected chi connectivity index (χ4v) is 3.77. The molecule has 1 atom stereocenters. The molecule has 0 spiro atoms. The maximum absolute atomic E-state index is 13.0. The molecule has 0 aromatic carbocycles. The van der Waals surface area contributed by atoms with Crippen LogP contribution in [-0.4, -0.2) is 55.0 Å². The lowest BCUT2D eigenvalue weighted by molar-refractivity contribution is -0.134. The van der Waals surface area contributed by atoms with Crippen LogP contribution in [0.3, 0.4) is 0 Å². The van der Waals surface area contributed by atoms with Gasteiger partial charge in [0.05, 0.1) is 6.04 Å². The highest BCUT2D eigenvalue weighted by Gasteiger charge is 2.28. The van der Waals surface area contributed by atoms with Crippen molar-refractivity contribution >= 4 is 11.7 Å². The van der Waals surface area contributed by atoms with E-state index in [4.69, 9.17) is 0 Å². The number of hydrogen-bond donors (Lipinski definition) is 1. The lowest BCUT2D eigenvalue weighted by atomic mass is 10.0. The van der Waals surface area contributed by atoms with Crippen LogP contribution in [0.1, 0.15) is 35.0 Å². The molecule has 3 aromatic rings. The number of fused-ring (bicyclic) bond motifs is 1. The zero-order valence-electron chi connectivity index (χ0n) is 15.6. The molecule has 1 unspecified atom stereocenters. The lowest BCUT2D eigenvalue weighted by Gasteiger charge is -2.36. The van der Waals surface area contributed by atoms with Gasteiger partial charge in [-0.05, 0) is 37.5 Å². The lowest BCUT2D eigenvalue weighted by Crippen LogP contribution is -2.48. The van der Waals surface area contributed by atoms with Crippen LogP contribution in [-0.2, 0) is 11.2 Å². The third-order valence-electron chi connectivity index (χ3n) is 5.21. The van der Waals surface area contributed by atoms with Crippen LogP contribution < -0.4 is 5.32 Å². The van der Waals surface area contributed by atoms with Gasteiger partial charge in [-0.25, -0.2) is 9.50 Å². The molecular formula is C19H23N7O. The fourth-order valence-electron chi connectivity index (χ4n) is 3.77.